The van der Waals surface area contributed by atoms with Gasteiger partial charge >= 0.3 is 0 Å². The number of anilines is 1. The minimum Gasteiger partial charge on any atom is -0.354 e. The van der Waals surface area contributed by atoms with Crippen LogP contribution in [0.3, 0.4) is 0 Å². The smallest absolute Gasteiger partial charge is 0.264 e. The van der Waals surface area contributed by atoms with Crippen LogP contribution in [0.5, 0.6) is 0 Å². The van der Waals surface area contributed by atoms with E-state index in [1.165, 1.54) is 29.2 Å². The zero-order valence-corrected chi connectivity index (χ0v) is 26.5. The molecule has 220 valence electrons. The van der Waals surface area contributed by atoms with Crippen LogP contribution in [0.1, 0.15) is 38.3 Å². The molecule has 0 fully saturated rings. The zero-order valence-electron chi connectivity index (χ0n) is 23.4. The summed E-state index contributed by atoms with van der Waals surface area (Å²) in [6.07, 6.45) is 0.301. The molecule has 7 nitrogen and oxygen atoms in total. The highest BCUT2D eigenvalue weighted by Gasteiger charge is 2.34. The van der Waals surface area contributed by atoms with Gasteiger partial charge in [-0.2, -0.15) is 0 Å². The Morgan fingerprint density at radius 1 is 0.927 bits per heavy atom. The van der Waals surface area contributed by atoms with Crippen molar-refractivity contribution in [1.29, 1.82) is 0 Å². The van der Waals surface area contributed by atoms with Crippen molar-refractivity contribution in [2.45, 2.75) is 51.6 Å². The Labute approximate surface area is 257 Å². The van der Waals surface area contributed by atoms with Gasteiger partial charge in [0.15, 0.2) is 0 Å². The van der Waals surface area contributed by atoms with Crippen LogP contribution in [0, 0.1) is 12.8 Å². The molecule has 3 rings (SSSR count). The number of carbonyl (C=O) groups is 2. The Balaban J connectivity index is 2.07. The fourth-order valence-corrected chi connectivity index (χ4v) is 6.22. The third-order valence-electron chi connectivity index (χ3n) is 6.40. The summed E-state index contributed by atoms with van der Waals surface area (Å²) in [6.45, 7) is 7.43. The van der Waals surface area contributed by atoms with Crippen LogP contribution >= 0.6 is 34.8 Å². The Bertz CT molecular complexity index is 1480. The van der Waals surface area contributed by atoms with Gasteiger partial charge in [-0.15, -0.1) is 0 Å². The second-order valence-electron chi connectivity index (χ2n) is 10.1. The van der Waals surface area contributed by atoms with E-state index in [9.17, 15) is 18.0 Å². The summed E-state index contributed by atoms with van der Waals surface area (Å²) in [4.78, 5) is 28.8. The van der Waals surface area contributed by atoms with E-state index in [-0.39, 0.29) is 23.3 Å². The fraction of sp³-hybridized carbons (Fsp3) is 0.333. The van der Waals surface area contributed by atoms with Gasteiger partial charge in [-0.05, 0) is 78.9 Å². The topological polar surface area (TPSA) is 86.8 Å². The summed E-state index contributed by atoms with van der Waals surface area (Å²) in [5, 5.41) is 4.04. The molecule has 0 aliphatic carbocycles. The minimum atomic E-state index is -4.19. The van der Waals surface area contributed by atoms with Gasteiger partial charge in [0.2, 0.25) is 11.8 Å². The number of benzene rings is 3. The number of rotatable bonds is 12. The molecule has 1 N–H and O–H groups in total. The summed E-state index contributed by atoms with van der Waals surface area (Å²) in [5.41, 5.74) is 1.70. The number of aryl methyl sites for hydroxylation is 1. The number of carbonyl (C=O) groups excluding carboxylic acids is 2. The SMILES string of the molecule is CC[C@@H](C(=O)NCC(C)C)N(Cc1ccc(Cl)cc1Cl)C(=O)CN(c1cccc(C)c1)S(=O)(=O)c1ccc(Cl)cc1. The lowest BCUT2D eigenvalue weighted by atomic mass is 10.1. The lowest BCUT2D eigenvalue weighted by Crippen LogP contribution is -2.52. The number of nitrogens with one attached hydrogen (secondary N) is 1. The summed E-state index contributed by atoms with van der Waals surface area (Å²) in [7, 11) is -4.19. The van der Waals surface area contributed by atoms with E-state index in [1.807, 2.05) is 26.8 Å². The molecule has 3 aromatic rings. The third kappa shape index (κ3) is 8.61. The Morgan fingerprint density at radius 3 is 2.17 bits per heavy atom. The number of amides is 2. The highest BCUT2D eigenvalue weighted by Crippen LogP contribution is 2.28. The molecule has 11 heteroatoms. The molecule has 0 aromatic heterocycles. The molecule has 41 heavy (non-hydrogen) atoms. The van der Waals surface area contributed by atoms with Crippen LogP contribution in [0.4, 0.5) is 5.69 Å². The molecular weight excluding hydrogens is 605 g/mol. The molecule has 1 atom stereocenters. The molecule has 0 aliphatic rings. The Hall–Kier alpha value is -2.78. The van der Waals surface area contributed by atoms with Crippen molar-refractivity contribution in [2.75, 3.05) is 17.4 Å². The second-order valence-corrected chi connectivity index (χ2v) is 13.3. The van der Waals surface area contributed by atoms with Gasteiger partial charge in [0.1, 0.15) is 12.6 Å². The largest absolute Gasteiger partial charge is 0.354 e. The third-order valence-corrected chi connectivity index (χ3v) is 9.02. The van der Waals surface area contributed by atoms with Gasteiger partial charge in [-0.1, -0.05) is 73.8 Å². The molecule has 0 saturated heterocycles. The van der Waals surface area contributed by atoms with E-state index in [2.05, 4.69) is 5.32 Å². The van der Waals surface area contributed by atoms with Crippen LogP contribution in [0.25, 0.3) is 0 Å². The zero-order chi connectivity index (χ0) is 30.3. The van der Waals surface area contributed by atoms with E-state index in [0.29, 0.717) is 39.3 Å². The van der Waals surface area contributed by atoms with Crippen LogP contribution in [0.15, 0.2) is 71.6 Å². The lowest BCUT2D eigenvalue weighted by molar-refractivity contribution is -0.140. The first-order valence-electron chi connectivity index (χ1n) is 13.2. The van der Waals surface area contributed by atoms with Crippen molar-refractivity contribution < 1.29 is 18.0 Å². The average Bonchev–Trinajstić information content (AvgIpc) is 2.91. The predicted octanol–water partition coefficient (Wildman–Crippen LogP) is 6.73. The van der Waals surface area contributed by atoms with Crippen LogP contribution < -0.4 is 9.62 Å². The van der Waals surface area contributed by atoms with Crippen molar-refractivity contribution in [3.63, 3.8) is 0 Å². The molecule has 0 bridgehead atoms. The first-order chi connectivity index (χ1) is 19.3. The maximum Gasteiger partial charge on any atom is 0.264 e. The van der Waals surface area contributed by atoms with Gasteiger partial charge in [0, 0.05) is 28.2 Å². The van der Waals surface area contributed by atoms with E-state index in [0.717, 1.165) is 9.87 Å². The highest BCUT2D eigenvalue weighted by atomic mass is 35.5. The number of halogens is 3. The van der Waals surface area contributed by atoms with Gasteiger partial charge in [-0.25, -0.2) is 8.42 Å². The predicted molar refractivity (Wildman–Crippen MR) is 166 cm³/mol. The fourth-order valence-electron chi connectivity index (χ4n) is 4.22. The van der Waals surface area contributed by atoms with Crippen LogP contribution in [-0.4, -0.2) is 44.3 Å². The van der Waals surface area contributed by atoms with Crippen molar-refractivity contribution in [3.8, 4) is 0 Å². The monoisotopic (exact) mass is 637 g/mol. The summed E-state index contributed by atoms with van der Waals surface area (Å²) in [5.74, 6) is -0.698. The maximum absolute atomic E-state index is 14.1. The van der Waals surface area contributed by atoms with Gasteiger partial charge < -0.3 is 10.2 Å². The molecule has 0 saturated carbocycles. The average molecular weight is 639 g/mol. The molecule has 2 amide bonds. The van der Waals surface area contributed by atoms with Crippen LogP contribution in [0.2, 0.25) is 15.1 Å². The van der Waals surface area contributed by atoms with Crippen molar-refractivity contribution in [1.82, 2.24) is 10.2 Å². The number of hydrogen-bond acceptors (Lipinski definition) is 4. The van der Waals surface area contributed by atoms with E-state index < -0.39 is 28.5 Å². The van der Waals surface area contributed by atoms with E-state index >= 15 is 0 Å². The molecule has 0 spiro atoms. The number of nitrogens with zero attached hydrogens (tertiary/aromatic N) is 2. The molecule has 0 unspecified atom stereocenters. The minimum absolute atomic E-state index is 0.0227. The molecule has 0 aliphatic heterocycles. The van der Waals surface area contributed by atoms with Crippen molar-refractivity contribution in [2.24, 2.45) is 5.92 Å². The normalized spacial score (nSPS) is 12.2. The lowest BCUT2D eigenvalue weighted by Gasteiger charge is -2.33. The van der Waals surface area contributed by atoms with Crippen molar-refractivity contribution in [3.05, 3.63) is 92.9 Å². The summed E-state index contributed by atoms with van der Waals surface area (Å²) < 4.78 is 28.9. The quantitative estimate of drug-likeness (QED) is 0.238. The van der Waals surface area contributed by atoms with Crippen molar-refractivity contribution >= 4 is 62.3 Å². The van der Waals surface area contributed by atoms with Gasteiger partial charge in [0.05, 0.1) is 10.6 Å². The van der Waals surface area contributed by atoms with Gasteiger partial charge in [-0.3, -0.25) is 13.9 Å². The van der Waals surface area contributed by atoms with E-state index in [4.69, 9.17) is 34.8 Å². The molecule has 3 aromatic carbocycles. The molecule has 0 heterocycles. The number of hydrogen-bond donors (Lipinski definition) is 1. The Kier molecular flexibility index (Phi) is 11.5. The first-order valence-corrected chi connectivity index (χ1v) is 15.8. The van der Waals surface area contributed by atoms with Gasteiger partial charge in [0.25, 0.3) is 10.0 Å². The summed E-state index contributed by atoms with van der Waals surface area (Å²) in [6, 6.07) is 16.6. The molecular formula is C30H34Cl3N3O4S. The molecule has 0 radical (unpaired) electrons. The standard InChI is InChI=1S/C30H34Cl3N3O4S/c1-5-28(30(38)34-17-20(2)3)35(18-22-9-10-24(32)16-27(22)33)29(37)19-36(25-8-6-7-21(4)15-25)41(39,40)26-13-11-23(31)12-14-26/h6-16,20,28H,5,17-19H2,1-4H3,(H,34,38)/t28-/m0/s1. The maximum atomic E-state index is 14.1. The summed E-state index contributed by atoms with van der Waals surface area (Å²) >= 11 is 18.5. The van der Waals surface area contributed by atoms with Crippen LogP contribution in [-0.2, 0) is 26.2 Å². The van der Waals surface area contributed by atoms with E-state index in [1.54, 1.807) is 43.3 Å². The highest BCUT2D eigenvalue weighted by molar-refractivity contribution is 7.92. The number of sulfonamides is 1. The first kappa shape index (κ1) is 32.7. The Morgan fingerprint density at radius 2 is 1.59 bits per heavy atom. The second kappa shape index (κ2) is 14.4.